The number of likely N-dealkylation sites (N-methyl/N-ethyl adjacent to an activating group) is 1. The average molecular weight is 566 g/mol. The van der Waals surface area contributed by atoms with E-state index in [1.54, 1.807) is 16.4 Å². The van der Waals surface area contributed by atoms with Crippen molar-refractivity contribution in [1.82, 2.24) is 14.4 Å². The summed E-state index contributed by atoms with van der Waals surface area (Å²) in [5.74, 6) is 1.91. The number of ether oxygens (including phenoxy) is 2. The summed E-state index contributed by atoms with van der Waals surface area (Å²) in [4.78, 5) is 33.6. The lowest BCUT2D eigenvalue weighted by Gasteiger charge is -2.37. The lowest BCUT2D eigenvalue weighted by atomic mass is 10.0. The molecule has 11 heteroatoms. The first-order chi connectivity index (χ1) is 18.9. The third kappa shape index (κ3) is 5.16. The monoisotopic (exact) mass is 565 g/mol. The van der Waals surface area contributed by atoms with Gasteiger partial charge >= 0.3 is 0 Å². The first kappa shape index (κ1) is 27.2. The second-order valence-electron chi connectivity index (χ2n) is 9.68. The lowest BCUT2D eigenvalue weighted by molar-refractivity contribution is -0.122. The fourth-order valence-corrected chi connectivity index (χ4v) is 6.42. The van der Waals surface area contributed by atoms with Gasteiger partial charge in [-0.2, -0.15) is 5.26 Å². The number of hydrogen-bond donors (Lipinski definition) is 0. The van der Waals surface area contributed by atoms with Gasteiger partial charge in [0.1, 0.15) is 21.8 Å². The molecule has 2 saturated heterocycles. The van der Waals surface area contributed by atoms with Crippen molar-refractivity contribution >= 4 is 46.1 Å². The van der Waals surface area contributed by atoms with E-state index >= 15 is 0 Å². The Morgan fingerprint density at radius 2 is 1.87 bits per heavy atom. The summed E-state index contributed by atoms with van der Waals surface area (Å²) >= 11 is 6.85. The van der Waals surface area contributed by atoms with Gasteiger partial charge in [-0.1, -0.05) is 43.9 Å². The topological polar surface area (TPSA) is 91.0 Å². The van der Waals surface area contributed by atoms with E-state index in [0.29, 0.717) is 39.4 Å². The summed E-state index contributed by atoms with van der Waals surface area (Å²) < 4.78 is 13.0. The summed E-state index contributed by atoms with van der Waals surface area (Å²) in [5, 5.41) is 9.89. The molecule has 0 unspecified atom stereocenters. The van der Waals surface area contributed by atoms with Crippen molar-refractivity contribution in [2.45, 2.75) is 40.3 Å². The van der Waals surface area contributed by atoms with Gasteiger partial charge in [0.2, 0.25) is 6.79 Å². The van der Waals surface area contributed by atoms with Crippen molar-refractivity contribution in [3.63, 3.8) is 0 Å². The molecule has 2 fully saturated rings. The molecule has 1 aromatic carbocycles. The molecule has 9 nitrogen and oxygen atoms in total. The highest BCUT2D eigenvalue weighted by molar-refractivity contribution is 8.26. The minimum Gasteiger partial charge on any atom is -0.454 e. The second kappa shape index (κ2) is 11.4. The van der Waals surface area contributed by atoms with Crippen LogP contribution in [0.3, 0.4) is 0 Å². The van der Waals surface area contributed by atoms with Crippen LogP contribution in [0.4, 0.5) is 5.82 Å². The van der Waals surface area contributed by atoms with Gasteiger partial charge in [-0.25, -0.2) is 0 Å². The number of aromatic nitrogens is 1. The zero-order chi connectivity index (χ0) is 27.7. The van der Waals surface area contributed by atoms with Gasteiger partial charge < -0.3 is 19.3 Å². The van der Waals surface area contributed by atoms with E-state index in [4.69, 9.17) is 21.7 Å². The fraction of sp³-hybridized carbons (Fsp3) is 0.429. The maximum Gasteiger partial charge on any atom is 0.270 e. The highest BCUT2D eigenvalue weighted by atomic mass is 32.2. The number of fused-ring (bicyclic) bond motifs is 1. The van der Waals surface area contributed by atoms with Crippen LogP contribution in [0, 0.1) is 18.3 Å². The molecular weight excluding hydrogens is 534 g/mol. The minimum absolute atomic E-state index is 0.112. The molecule has 2 aromatic rings. The normalized spacial score (nSPS) is 18.4. The number of nitriles is 1. The van der Waals surface area contributed by atoms with Gasteiger partial charge in [-0.05, 0) is 49.2 Å². The number of carbonyl (C=O) groups is 1. The zero-order valence-corrected chi connectivity index (χ0v) is 24.0. The third-order valence-corrected chi connectivity index (χ3v) is 8.72. The number of benzene rings is 1. The Morgan fingerprint density at radius 1 is 1.13 bits per heavy atom. The molecule has 0 aliphatic carbocycles. The van der Waals surface area contributed by atoms with E-state index in [1.807, 2.05) is 31.2 Å². The quantitative estimate of drug-likeness (QED) is 0.368. The molecule has 204 valence electrons. The Kier molecular flexibility index (Phi) is 7.98. The molecule has 0 spiro atoms. The predicted molar refractivity (Wildman–Crippen MR) is 156 cm³/mol. The molecule has 0 atom stereocenters. The van der Waals surface area contributed by atoms with Crippen molar-refractivity contribution in [3.05, 3.63) is 55.7 Å². The fourth-order valence-electron chi connectivity index (χ4n) is 5.18. The highest BCUT2D eigenvalue weighted by Gasteiger charge is 2.34. The van der Waals surface area contributed by atoms with E-state index in [9.17, 15) is 14.9 Å². The third-order valence-electron chi connectivity index (χ3n) is 7.34. The van der Waals surface area contributed by atoms with E-state index < -0.39 is 0 Å². The Morgan fingerprint density at radius 3 is 2.56 bits per heavy atom. The number of piperazine rings is 1. The van der Waals surface area contributed by atoms with Crippen LogP contribution in [0.5, 0.6) is 11.5 Å². The van der Waals surface area contributed by atoms with Crippen molar-refractivity contribution in [1.29, 1.82) is 5.26 Å². The summed E-state index contributed by atoms with van der Waals surface area (Å²) in [6, 6.07) is 7.71. The maximum atomic E-state index is 13.6. The molecule has 0 N–H and O–H groups in total. The number of hydrogen-bond acceptors (Lipinski definition) is 9. The summed E-state index contributed by atoms with van der Waals surface area (Å²) in [7, 11) is 0. The SMILES string of the molecule is CCCn1c(N2CCN(CC)CC2)c(/C=C2/SC(=S)N(Cc3ccc4c(c3)OCO4)C2=O)c(C)c(C#N)c1=O. The van der Waals surface area contributed by atoms with Gasteiger partial charge in [0.25, 0.3) is 11.5 Å². The Hall–Kier alpha value is -3.33. The van der Waals surface area contributed by atoms with Crippen LogP contribution in [-0.4, -0.2) is 64.1 Å². The first-order valence-corrected chi connectivity index (χ1v) is 14.4. The van der Waals surface area contributed by atoms with Gasteiger partial charge in [0.05, 0.1) is 11.4 Å². The van der Waals surface area contributed by atoms with Crippen LogP contribution in [0.25, 0.3) is 6.08 Å². The second-order valence-corrected chi connectivity index (χ2v) is 11.4. The smallest absolute Gasteiger partial charge is 0.270 e. The van der Waals surface area contributed by atoms with Crippen LogP contribution < -0.4 is 19.9 Å². The van der Waals surface area contributed by atoms with Crippen molar-refractivity contribution in [2.75, 3.05) is 44.4 Å². The molecule has 3 aliphatic heterocycles. The number of carbonyl (C=O) groups excluding carboxylic acids is 1. The number of nitrogens with zero attached hydrogens (tertiary/aromatic N) is 5. The number of pyridine rings is 1. The maximum absolute atomic E-state index is 13.6. The van der Waals surface area contributed by atoms with Gasteiger partial charge in [0.15, 0.2) is 11.5 Å². The molecule has 3 aliphatic rings. The standard InChI is InChI=1S/C28H31N5O4S2/c1-4-8-32-25(31-11-9-30(5-2)10-12-31)20(18(3)21(15-29)26(32)34)14-24-27(35)33(28(38)39-24)16-19-6-7-22-23(13-19)37-17-36-22/h6-7,13-14H,4-5,8-12,16-17H2,1-3H3/b24-14+. The Labute approximate surface area is 237 Å². The molecule has 5 rings (SSSR count). The predicted octanol–water partition coefficient (Wildman–Crippen LogP) is 3.71. The van der Waals surface area contributed by atoms with E-state index in [1.165, 1.54) is 11.8 Å². The van der Waals surface area contributed by atoms with Crippen molar-refractivity contribution < 1.29 is 14.3 Å². The summed E-state index contributed by atoms with van der Waals surface area (Å²) in [6.45, 7) is 11.2. The van der Waals surface area contributed by atoms with Crippen molar-refractivity contribution in [3.8, 4) is 17.6 Å². The Bertz CT molecular complexity index is 1450. The average Bonchev–Trinajstić information content (AvgIpc) is 3.51. The number of rotatable bonds is 7. The molecule has 0 saturated carbocycles. The van der Waals surface area contributed by atoms with Gasteiger partial charge in [-0.3, -0.25) is 19.1 Å². The van der Waals surface area contributed by atoms with E-state index in [-0.39, 0.29) is 23.8 Å². The first-order valence-electron chi connectivity index (χ1n) is 13.1. The largest absolute Gasteiger partial charge is 0.454 e. The van der Waals surface area contributed by atoms with Crippen LogP contribution in [0.2, 0.25) is 0 Å². The summed E-state index contributed by atoms with van der Waals surface area (Å²) in [5.41, 5.74) is 2.03. The van der Waals surface area contributed by atoms with Gasteiger partial charge in [-0.15, -0.1) is 0 Å². The minimum atomic E-state index is -0.280. The highest BCUT2D eigenvalue weighted by Crippen LogP contribution is 2.38. The van der Waals surface area contributed by atoms with E-state index in [0.717, 1.165) is 56.1 Å². The van der Waals surface area contributed by atoms with Gasteiger partial charge in [0, 0.05) is 38.3 Å². The van der Waals surface area contributed by atoms with E-state index in [2.05, 4.69) is 22.8 Å². The number of thioether (sulfide) groups is 1. The molecule has 39 heavy (non-hydrogen) atoms. The molecule has 4 heterocycles. The Balaban J connectivity index is 1.54. The van der Waals surface area contributed by atoms with Crippen LogP contribution in [0.1, 0.15) is 42.5 Å². The van der Waals surface area contributed by atoms with Crippen LogP contribution in [-0.2, 0) is 17.9 Å². The van der Waals surface area contributed by atoms with Crippen molar-refractivity contribution in [2.24, 2.45) is 0 Å². The summed E-state index contributed by atoms with van der Waals surface area (Å²) in [6.07, 6.45) is 2.56. The molecular formula is C28H31N5O4S2. The number of anilines is 1. The molecule has 1 amide bonds. The molecule has 1 aromatic heterocycles. The lowest BCUT2D eigenvalue weighted by Crippen LogP contribution is -2.48. The number of amides is 1. The van der Waals surface area contributed by atoms with Crippen LogP contribution in [0.15, 0.2) is 27.9 Å². The zero-order valence-electron chi connectivity index (χ0n) is 22.4. The molecule has 0 radical (unpaired) electrons. The molecule has 0 bridgehead atoms. The number of thiocarbonyl (C=S) groups is 1. The van der Waals surface area contributed by atoms with Crippen LogP contribution >= 0.6 is 24.0 Å².